The van der Waals surface area contributed by atoms with E-state index in [1.54, 1.807) is 12.3 Å². The molecule has 0 amide bonds. The summed E-state index contributed by atoms with van der Waals surface area (Å²) in [5.74, 6) is -1.21. The molecule has 0 aliphatic rings. The molecule has 0 fully saturated rings. The fraction of sp³-hybridized carbons (Fsp3) is 0.286. The van der Waals surface area contributed by atoms with E-state index in [1.807, 2.05) is 38.1 Å². The Balaban J connectivity index is 2.65. The fourth-order valence-electron chi connectivity index (χ4n) is 2.17. The second kappa shape index (κ2) is 4.53. The zero-order valence-corrected chi connectivity index (χ0v) is 9.92. The average molecular weight is 229 g/mol. The molecule has 0 aliphatic carbocycles. The van der Waals surface area contributed by atoms with Gasteiger partial charge >= 0.3 is 5.97 Å². The number of fused-ring (bicyclic) bond motifs is 1. The molecule has 88 valence electrons. The van der Waals surface area contributed by atoms with Crippen molar-refractivity contribution in [2.45, 2.75) is 19.8 Å². The fourth-order valence-corrected chi connectivity index (χ4v) is 2.17. The number of pyridine rings is 1. The minimum atomic E-state index is -0.781. The summed E-state index contributed by atoms with van der Waals surface area (Å²) in [5.41, 5.74) is 1.69. The van der Waals surface area contributed by atoms with Crippen molar-refractivity contribution >= 4 is 16.9 Å². The van der Waals surface area contributed by atoms with Crippen LogP contribution < -0.4 is 0 Å². The van der Waals surface area contributed by atoms with Crippen molar-refractivity contribution in [3.8, 4) is 0 Å². The van der Waals surface area contributed by atoms with Crippen molar-refractivity contribution in [2.24, 2.45) is 5.92 Å². The lowest BCUT2D eigenvalue weighted by Crippen LogP contribution is -2.17. The van der Waals surface area contributed by atoms with Crippen LogP contribution in [-0.4, -0.2) is 16.1 Å². The highest BCUT2D eigenvalue weighted by atomic mass is 16.4. The van der Waals surface area contributed by atoms with Crippen LogP contribution in [0.4, 0.5) is 0 Å². The molecule has 1 atom stereocenters. The van der Waals surface area contributed by atoms with Gasteiger partial charge in [-0.15, -0.1) is 0 Å². The van der Waals surface area contributed by atoms with Gasteiger partial charge in [0.2, 0.25) is 0 Å². The van der Waals surface area contributed by atoms with Crippen molar-refractivity contribution < 1.29 is 9.90 Å². The molecule has 0 spiro atoms. The predicted octanol–water partition coefficient (Wildman–Crippen LogP) is 3.06. The molecular weight excluding hydrogens is 214 g/mol. The molecule has 1 aromatic carbocycles. The van der Waals surface area contributed by atoms with Gasteiger partial charge in [-0.25, -0.2) is 0 Å². The van der Waals surface area contributed by atoms with Gasteiger partial charge in [0.05, 0.1) is 11.4 Å². The van der Waals surface area contributed by atoms with E-state index in [0.29, 0.717) is 0 Å². The first kappa shape index (κ1) is 11.6. The molecule has 2 rings (SSSR count). The molecule has 2 aromatic rings. The lowest BCUT2D eigenvalue weighted by Gasteiger charge is -2.18. The van der Waals surface area contributed by atoms with E-state index < -0.39 is 11.9 Å². The van der Waals surface area contributed by atoms with Crippen molar-refractivity contribution in [2.75, 3.05) is 0 Å². The van der Waals surface area contributed by atoms with Crippen LogP contribution in [0.2, 0.25) is 0 Å². The molecule has 3 nitrogen and oxygen atoms in total. The van der Waals surface area contributed by atoms with Crippen LogP contribution in [0.25, 0.3) is 10.9 Å². The monoisotopic (exact) mass is 229 g/mol. The number of hydrogen-bond donors (Lipinski definition) is 1. The van der Waals surface area contributed by atoms with E-state index in [1.165, 1.54) is 0 Å². The second-order valence-electron chi connectivity index (χ2n) is 4.48. The number of para-hydroxylation sites is 1. The van der Waals surface area contributed by atoms with Gasteiger partial charge in [0.1, 0.15) is 0 Å². The van der Waals surface area contributed by atoms with Gasteiger partial charge in [-0.05, 0) is 23.6 Å². The number of carboxylic acids is 1. The molecule has 0 bridgehead atoms. The van der Waals surface area contributed by atoms with Gasteiger partial charge in [0.25, 0.3) is 0 Å². The van der Waals surface area contributed by atoms with Crippen LogP contribution in [0.1, 0.15) is 25.3 Å². The third kappa shape index (κ3) is 2.13. The maximum absolute atomic E-state index is 11.4. The maximum atomic E-state index is 11.4. The topological polar surface area (TPSA) is 50.2 Å². The van der Waals surface area contributed by atoms with Crippen LogP contribution in [-0.2, 0) is 4.79 Å². The van der Waals surface area contributed by atoms with Crippen LogP contribution in [0, 0.1) is 5.92 Å². The molecule has 1 heterocycles. The smallest absolute Gasteiger partial charge is 0.311 e. The molecule has 1 N–H and O–H groups in total. The first-order valence-electron chi connectivity index (χ1n) is 5.67. The molecule has 3 heteroatoms. The zero-order chi connectivity index (χ0) is 12.4. The average Bonchev–Trinajstić information content (AvgIpc) is 2.28. The molecule has 0 saturated carbocycles. The zero-order valence-electron chi connectivity index (χ0n) is 9.92. The summed E-state index contributed by atoms with van der Waals surface area (Å²) >= 11 is 0. The molecule has 0 aliphatic heterocycles. The number of benzene rings is 1. The Morgan fingerprint density at radius 2 is 1.94 bits per heavy atom. The summed E-state index contributed by atoms with van der Waals surface area (Å²) < 4.78 is 0. The highest BCUT2D eigenvalue weighted by Gasteiger charge is 2.25. The van der Waals surface area contributed by atoms with Gasteiger partial charge in [-0.1, -0.05) is 32.0 Å². The van der Waals surface area contributed by atoms with E-state index in [4.69, 9.17) is 0 Å². The third-order valence-electron chi connectivity index (χ3n) is 2.95. The van der Waals surface area contributed by atoms with Crippen molar-refractivity contribution in [3.05, 3.63) is 42.1 Å². The highest BCUT2D eigenvalue weighted by molar-refractivity contribution is 5.88. The van der Waals surface area contributed by atoms with Crippen LogP contribution >= 0.6 is 0 Å². The van der Waals surface area contributed by atoms with Crippen LogP contribution in [0.3, 0.4) is 0 Å². The molecule has 1 aromatic heterocycles. The Hall–Kier alpha value is -1.90. The molecular formula is C14H15NO2. The molecule has 17 heavy (non-hydrogen) atoms. The van der Waals surface area contributed by atoms with E-state index in [0.717, 1.165) is 16.5 Å². The number of carbonyl (C=O) groups is 1. The molecule has 0 radical (unpaired) electrons. The number of aliphatic carboxylic acids is 1. The van der Waals surface area contributed by atoms with Crippen molar-refractivity contribution in [3.63, 3.8) is 0 Å². The van der Waals surface area contributed by atoms with Crippen molar-refractivity contribution in [1.82, 2.24) is 4.98 Å². The maximum Gasteiger partial charge on any atom is 0.311 e. The lowest BCUT2D eigenvalue weighted by molar-refractivity contribution is -0.139. The summed E-state index contributed by atoms with van der Waals surface area (Å²) in [6.07, 6.45) is 1.68. The summed E-state index contributed by atoms with van der Waals surface area (Å²) in [6, 6.07) is 9.45. The number of carboxylic acid groups (broad SMARTS) is 1. The number of nitrogens with zero attached hydrogens (tertiary/aromatic N) is 1. The summed E-state index contributed by atoms with van der Waals surface area (Å²) in [4.78, 5) is 15.6. The Morgan fingerprint density at radius 1 is 1.24 bits per heavy atom. The lowest BCUT2D eigenvalue weighted by atomic mass is 9.87. The summed E-state index contributed by atoms with van der Waals surface area (Å²) in [7, 11) is 0. The Morgan fingerprint density at radius 3 is 2.59 bits per heavy atom. The SMILES string of the molecule is CC(C)C(C(=O)O)c1ccnc2ccccc12. The number of hydrogen-bond acceptors (Lipinski definition) is 2. The van der Waals surface area contributed by atoms with E-state index in [9.17, 15) is 9.90 Å². The van der Waals surface area contributed by atoms with Crippen molar-refractivity contribution in [1.29, 1.82) is 0 Å². The van der Waals surface area contributed by atoms with E-state index >= 15 is 0 Å². The van der Waals surface area contributed by atoms with Gasteiger partial charge in [0.15, 0.2) is 0 Å². The highest BCUT2D eigenvalue weighted by Crippen LogP contribution is 2.29. The standard InChI is InChI=1S/C14H15NO2/c1-9(2)13(14(16)17)11-7-8-15-12-6-4-3-5-10(11)12/h3-9,13H,1-2H3,(H,16,17). The Kier molecular flexibility index (Phi) is 3.09. The van der Waals surface area contributed by atoms with Crippen LogP contribution in [0.5, 0.6) is 0 Å². The first-order valence-corrected chi connectivity index (χ1v) is 5.67. The first-order chi connectivity index (χ1) is 8.11. The largest absolute Gasteiger partial charge is 0.481 e. The second-order valence-corrected chi connectivity index (χ2v) is 4.48. The number of aromatic nitrogens is 1. The Bertz CT molecular complexity index is 543. The quantitative estimate of drug-likeness (QED) is 0.880. The normalized spacial score (nSPS) is 12.9. The Labute approximate surface area is 100 Å². The van der Waals surface area contributed by atoms with E-state index in [2.05, 4.69) is 4.98 Å². The minimum absolute atomic E-state index is 0.0540. The molecule has 1 unspecified atom stereocenters. The minimum Gasteiger partial charge on any atom is -0.481 e. The summed E-state index contributed by atoms with van der Waals surface area (Å²) in [5, 5.41) is 10.3. The predicted molar refractivity (Wildman–Crippen MR) is 67.0 cm³/mol. The van der Waals surface area contributed by atoms with Gasteiger partial charge in [-0.3, -0.25) is 9.78 Å². The van der Waals surface area contributed by atoms with Crippen LogP contribution in [0.15, 0.2) is 36.5 Å². The van der Waals surface area contributed by atoms with E-state index in [-0.39, 0.29) is 5.92 Å². The van der Waals surface area contributed by atoms with Gasteiger partial charge in [0, 0.05) is 11.6 Å². The number of rotatable bonds is 3. The summed E-state index contributed by atoms with van der Waals surface area (Å²) in [6.45, 7) is 3.85. The van der Waals surface area contributed by atoms with Gasteiger partial charge < -0.3 is 5.11 Å². The van der Waals surface area contributed by atoms with Gasteiger partial charge in [-0.2, -0.15) is 0 Å². The third-order valence-corrected chi connectivity index (χ3v) is 2.95. The molecule has 0 saturated heterocycles.